The molecular weight excluding hydrogens is 326 g/mol. The summed E-state index contributed by atoms with van der Waals surface area (Å²) in [6, 6.07) is -0.124. The molecule has 8 heteroatoms. The first kappa shape index (κ1) is 19.4. The fraction of sp³-hybridized carbons (Fsp3) is 0.765. The maximum atomic E-state index is 12.1. The molecule has 0 saturated heterocycles. The van der Waals surface area contributed by atoms with Gasteiger partial charge in [0, 0.05) is 12.5 Å². The lowest BCUT2D eigenvalue weighted by atomic mass is 9.84. The predicted molar refractivity (Wildman–Crippen MR) is 88.7 cm³/mol. The summed E-state index contributed by atoms with van der Waals surface area (Å²) in [5.74, 6) is 0.322. The molecule has 1 aliphatic rings. The molecule has 1 saturated carbocycles. The number of hydrogen-bond donors (Lipinski definition) is 2. The van der Waals surface area contributed by atoms with Gasteiger partial charge >= 0.3 is 5.97 Å². The van der Waals surface area contributed by atoms with Crippen molar-refractivity contribution in [2.45, 2.75) is 70.9 Å². The van der Waals surface area contributed by atoms with Gasteiger partial charge in [-0.05, 0) is 25.7 Å². The zero-order valence-corrected chi connectivity index (χ0v) is 14.7. The maximum absolute atomic E-state index is 12.1. The molecule has 1 amide bonds. The van der Waals surface area contributed by atoms with Crippen molar-refractivity contribution in [3.8, 4) is 0 Å². The molecule has 25 heavy (non-hydrogen) atoms. The van der Waals surface area contributed by atoms with E-state index in [0.29, 0.717) is 24.1 Å². The highest BCUT2D eigenvalue weighted by atomic mass is 16.5. The fourth-order valence-electron chi connectivity index (χ4n) is 3.27. The third kappa shape index (κ3) is 7.64. The highest BCUT2D eigenvalue weighted by Gasteiger charge is 2.21. The molecule has 0 aliphatic heterocycles. The molecule has 1 fully saturated rings. The molecule has 0 spiro atoms. The number of aromatic nitrogens is 2. The van der Waals surface area contributed by atoms with Gasteiger partial charge in [-0.25, -0.2) is 0 Å². The minimum Gasteiger partial charge on any atom is -0.481 e. The summed E-state index contributed by atoms with van der Waals surface area (Å²) in [6.45, 7) is 1.67. The topological polar surface area (TPSA) is 115 Å². The Hall–Kier alpha value is -1.96. The second kappa shape index (κ2) is 10.1. The van der Waals surface area contributed by atoms with Gasteiger partial charge in [-0.15, -0.1) is 0 Å². The van der Waals surface area contributed by atoms with E-state index in [1.807, 2.05) is 0 Å². The first-order chi connectivity index (χ1) is 12.0. The Bertz CT molecular complexity index is 554. The molecule has 1 unspecified atom stereocenters. The average molecular weight is 353 g/mol. The molecule has 1 aromatic heterocycles. The number of aliphatic carboxylic acids is 1. The Labute approximate surface area is 147 Å². The van der Waals surface area contributed by atoms with Gasteiger partial charge in [0.25, 0.3) is 5.89 Å². The molecule has 1 aromatic rings. The van der Waals surface area contributed by atoms with Gasteiger partial charge in [-0.1, -0.05) is 37.3 Å². The molecule has 0 aromatic carbocycles. The number of amides is 1. The second-order valence-electron chi connectivity index (χ2n) is 6.66. The van der Waals surface area contributed by atoms with Crippen LogP contribution in [0.15, 0.2) is 4.52 Å². The molecule has 140 valence electrons. The van der Waals surface area contributed by atoms with Gasteiger partial charge in [-0.3, -0.25) is 9.59 Å². The summed E-state index contributed by atoms with van der Waals surface area (Å²) >= 11 is 0. The van der Waals surface area contributed by atoms with Crippen molar-refractivity contribution in [2.24, 2.45) is 5.92 Å². The van der Waals surface area contributed by atoms with Gasteiger partial charge < -0.3 is 19.7 Å². The molecule has 2 rings (SSSR count). The van der Waals surface area contributed by atoms with Gasteiger partial charge in [0.2, 0.25) is 5.91 Å². The van der Waals surface area contributed by atoms with Crippen LogP contribution in [0.2, 0.25) is 0 Å². The highest BCUT2D eigenvalue weighted by Crippen LogP contribution is 2.28. The Morgan fingerprint density at radius 1 is 1.36 bits per heavy atom. The number of ether oxygens (including phenoxy) is 1. The lowest BCUT2D eigenvalue weighted by Gasteiger charge is -2.27. The first-order valence-electron chi connectivity index (χ1n) is 8.91. The van der Waals surface area contributed by atoms with Crippen molar-refractivity contribution < 1.29 is 24.0 Å². The Morgan fingerprint density at radius 2 is 2.12 bits per heavy atom. The quantitative estimate of drug-likeness (QED) is 0.662. The van der Waals surface area contributed by atoms with E-state index in [9.17, 15) is 9.59 Å². The molecule has 2 N–H and O–H groups in total. The minimum absolute atomic E-state index is 0.0553. The molecule has 0 bridgehead atoms. The molecule has 0 radical (unpaired) electrons. The van der Waals surface area contributed by atoms with E-state index in [1.165, 1.54) is 19.3 Å². The zero-order valence-electron chi connectivity index (χ0n) is 14.7. The largest absolute Gasteiger partial charge is 0.481 e. The predicted octanol–water partition coefficient (Wildman–Crippen LogP) is 2.21. The summed E-state index contributed by atoms with van der Waals surface area (Å²) in [7, 11) is 0. The maximum Gasteiger partial charge on any atom is 0.303 e. The molecular formula is C17H27N3O5. The standard InChI is InChI=1S/C17H27N3O5/c1-12-18-16(25-20-12)11-24-10-15(21)19-14(7-8-17(22)23)9-13-5-3-2-4-6-13/h13-14H,2-11H2,1H3,(H,19,21)(H,22,23). The second-order valence-corrected chi connectivity index (χ2v) is 6.66. The van der Waals surface area contributed by atoms with Crippen LogP contribution in [0.25, 0.3) is 0 Å². The van der Waals surface area contributed by atoms with E-state index in [2.05, 4.69) is 15.5 Å². The van der Waals surface area contributed by atoms with E-state index in [0.717, 1.165) is 19.3 Å². The molecule has 1 atom stereocenters. The number of carbonyl (C=O) groups excluding carboxylic acids is 1. The van der Waals surface area contributed by atoms with Crippen LogP contribution in [0.3, 0.4) is 0 Å². The lowest BCUT2D eigenvalue weighted by Crippen LogP contribution is -2.39. The first-order valence-corrected chi connectivity index (χ1v) is 8.91. The zero-order chi connectivity index (χ0) is 18.1. The molecule has 1 heterocycles. The normalized spacial score (nSPS) is 16.5. The van der Waals surface area contributed by atoms with Crippen LogP contribution >= 0.6 is 0 Å². The third-order valence-electron chi connectivity index (χ3n) is 4.44. The number of carboxylic acid groups (broad SMARTS) is 1. The summed E-state index contributed by atoms with van der Waals surface area (Å²) in [4.78, 5) is 26.9. The van der Waals surface area contributed by atoms with Crippen molar-refractivity contribution in [1.82, 2.24) is 15.5 Å². The highest BCUT2D eigenvalue weighted by molar-refractivity contribution is 5.77. The van der Waals surface area contributed by atoms with Crippen LogP contribution in [0, 0.1) is 12.8 Å². The Kier molecular flexibility index (Phi) is 7.84. The van der Waals surface area contributed by atoms with Crippen LogP contribution in [0.5, 0.6) is 0 Å². The van der Waals surface area contributed by atoms with E-state index in [-0.39, 0.29) is 31.6 Å². The lowest BCUT2D eigenvalue weighted by molar-refractivity contribution is -0.137. The number of nitrogens with zero attached hydrogens (tertiary/aromatic N) is 2. The fourth-order valence-corrected chi connectivity index (χ4v) is 3.27. The van der Waals surface area contributed by atoms with Crippen molar-refractivity contribution >= 4 is 11.9 Å². The third-order valence-corrected chi connectivity index (χ3v) is 4.44. The van der Waals surface area contributed by atoms with E-state index >= 15 is 0 Å². The summed E-state index contributed by atoms with van der Waals surface area (Å²) < 4.78 is 10.2. The van der Waals surface area contributed by atoms with E-state index in [4.69, 9.17) is 14.4 Å². The number of aryl methyl sites for hydroxylation is 1. The Morgan fingerprint density at radius 3 is 2.76 bits per heavy atom. The van der Waals surface area contributed by atoms with Crippen LogP contribution in [0.4, 0.5) is 0 Å². The number of rotatable bonds is 10. The van der Waals surface area contributed by atoms with Gasteiger partial charge in [0.15, 0.2) is 5.82 Å². The van der Waals surface area contributed by atoms with Crippen molar-refractivity contribution in [3.63, 3.8) is 0 Å². The average Bonchev–Trinajstić information content (AvgIpc) is 2.99. The van der Waals surface area contributed by atoms with E-state index in [1.54, 1.807) is 6.92 Å². The SMILES string of the molecule is Cc1noc(COCC(=O)NC(CCC(=O)O)CC2CCCCC2)n1. The van der Waals surface area contributed by atoms with Crippen molar-refractivity contribution in [1.29, 1.82) is 0 Å². The van der Waals surface area contributed by atoms with E-state index < -0.39 is 5.97 Å². The monoisotopic (exact) mass is 353 g/mol. The van der Waals surface area contributed by atoms with Crippen molar-refractivity contribution in [3.05, 3.63) is 11.7 Å². The van der Waals surface area contributed by atoms with Crippen LogP contribution < -0.4 is 5.32 Å². The van der Waals surface area contributed by atoms with Crippen LogP contribution in [-0.4, -0.2) is 39.8 Å². The van der Waals surface area contributed by atoms with Gasteiger partial charge in [-0.2, -0.15) is 4.98 Å². The van der Waals surface area contributed by atoms with Crippen molar-refractivity contribution in [2.75, 3.05) is 6.61 Å². The van der Waals surface area contributed by atoms with Crippen LogP contribution in [-0.2, 0) is 20.9 Å². The smallest absolute Gasteiger partial charge is 0.303 e. The summed E-state index contributed by atoms with van der Waals surface area (Å²) in [5, 5.41) is 15.5. The van der Waals surface area contributed by atoms with Gasteiger partial charge in [0.1, 0.15) is 13.2 Å². The van der Waals surface area contributed by atoms with Gasteiger partial charge in [0.05, 0.1) is 0 Å². The number of carboxylic acids is 1. The minimum atomic E-state index is -0.842. The number of nitrogens with one attached hydrogen (secondary N) is 1. The Balaban J connectivity index is 1.75. The molecule has 1 aliphatic carbocycles. The number of hydrogen-bond acceptors (Lipinski definition) is 6. The summed E-state index contributed by atoms with van der Waals surface area (Å²) in [6.07, 6.45) is 7.36. The number of carbonyl (C=O) groups is 2. The van der Waals surface area contributed by atoms with Crippen LogP contribution in [0.1, 0.15) is 63.1 Å². The molecule has 8 nitrogen and oxygen atoms in total. The summed E-state index contributed by atoms with van der Waals surface area (Å²) in [5.41, 5.74) is 0.